The summed E-state index contributed by atoms with van der Waals surface area (Å²) in [5.41, 5.74) is 5.04. The maximum Gasteiger partial charge on any atom is 0.335 e. The second-order valence-corrected chi connectivity index (χ2v) is 20.8. The highest BCUT2D eigenvalue weighted by Gasteiger charge is 2.66. The third-order valence-electron chi connectivity index (χ3n) is 15.8. The van der Waals surface area contributed by atoms with Gasteiger partial charge in [0.15, 0.2) is 9.84 Å². The Hall–Kier alpha value is -1.96. The lowest BCUT2D eigenvalue weighted by molar-refractivity contribution is -0.201. The molecule has 0 bridgehead atoms. The fourth-order valence-corrected chi connectivity index (χ4v) is 14.3. The van der Waals surface area contributed by atoms with E-state index in [9.17, 15) is 18.3 Å². The first-order chi connectivity index (χ1) is 23.5. The Morgan fingerprint density at radius 2 is 1.66 bits per heavy atom. The molecule has 1 saturated heterocycles. The molecule has 0 aromatic heterocycles. The standard InChI is InChI=1S/C43H66N2O4S/c1-30(2)33-10-8-11-34(33)36-16-17-38-41(5)21-18-35(31-12-14-32(15-13-31)39(46)47)40(3,4)37(41)19-22-43(38,7)42(36,6)20-9-23-44-24-25-45-26-28-50(48,49)29-27-45/h12-15,18,33-34,36-38,44H,1,8-11,16-17,19-29H2,2-7H3,(H,46,47)/t33-,34+,36+,37-,38+,41-,42+,43+/m0/s1. The Labute approximate surface area is 303 Å². The summed E-state index contributed by atoms with van der Waals surface area (Å²) < 4.78 is 23.7. The molecule has 1 aromatic rings. The van der Waals surface area contributed by atoms with Crippen molar-refractivity contribution in [3.63, 3.8) is 0 Å². The van der Waals surface area contributed by atoms with Crippen molar-refractivity contribution >= 4 is 21.4 Å². The average molecular weight is 707 g/mol. The lowest BCUT2D eigenvalue weighted by atomic mass is 9.34. The number of carboxylic acid groups (broad SMARTS) is 1. The Morgan fingerprint density at radius 3 is 2.32 bits per heavy atom. The van der Waals surface area contributed by atoms with E-state index in [0.717, 1.165) is 37.9 Å². The number of benzene rings is 1. The van der Waals surface area contributed by atoms with Gasteiger partial charge in [0.05, 0.1) is 17.1 Å². The minimum atomic E-state index is -2.84. The molecule has 8 atom stereocenters. The van der Waals surface area contributed by atoms with Crippen LogP contribution in [0.5, 0.6) is 0 Å². The van der Waals surface area contributed by atoms with E-state index in [1.807, 2.05) is 12.1 Å². The van der Waals surface area contributed by atoms with E-state index in [4.69, 9.17) is 0 Å². The Morgan fingerprint density at radius 1 is 0.960 bits per heavy atom. The van der Waals surface area contributed by atoms with Crippen molar-refractivity contribution in [3.8, 4) is 0 Å². The zero-order valence-corrected chi connectivity index (χ0v) is 32.8. The normalized spacial score (nSPS) is 38.1. The summed E-state index contributed by atoms with van der Waals surface area (Å²) in [6, 6.07) is 7.59. The fraction of sp³-hybridized carbons (Fsp3) is 0.744. The fourth-order valence-electron chi connectivity index (χ4n) is 13.0. The van der Waals surface area contributed by atoms with E-state index in [-0.39, 0.29) is 21.7 Å². The number of rotatable bonds is 11. The van der Waals surface area contributed by atoms with Gasteiger partial charge < -0.3 is 15.3 Å². The lowest BCUT2D eigenvalue weighted by Gasteiger charge is -2.70. The van der Waals surface area contributed by atoms with Crippen LogP contribution in [0, 0.1) is 51.2 Å². The number of nitrogens with one attached hydrogen (secondary N) is 1. The van der Waals surface area contributed by atoms with Crippen molar-refractivity contribution in [2.45, 2.75) is 106 Å². The maximum atomic E-state index is 11.9. The predicted molar refractivity (Wildman–Crippen MR) is 206 cm³/mol. The average Bonchev–Trinajstić information content (AvgIpc) is 3.54. The molecule has 0 radical (unpaired) electrons. The van der Waals surface area contributed by atoms with Gasteiger partial charge in [-0.2, -0.15) is 0 Å². The molecule has 6 rings (SSSR count). The molecule has 1 heterocycles. The van der Waals surface area contributed by atoms with Crippen molar-refractivity contribution < 1.29 is 18.3 Å². The quantitative estimate of drug-likeness (QED) is 0.177. The maximum absolute atomic E-state index is 11.9. The molecule has 3 saturated carbocycles. The van der Waals surface area contributed by atoms with Gasteiger partial charge in [-0.25, -0.2) is 13.2 Å². The number of sulfone groups is 1. The summed E-state index contributed by atoms with van der Waals surface area (Å²) in [6.45, 7) is 24.0. The van der Waals surface area contributed by atoms with Crippen LogP contribution >= 0.6 is 0 Å². The number of hydrogen-bond acceptors (Lipinski definition) is 5. The van der Waals surface area contributed by atoms with Crippen LogP contribution in [-0.2, 0) is 9.84 Å². The Kier molecular flexibility index (Phi) is 10.7. The highest BCUT2D eigenvalue weighted by molar-refractivity contribution is 7.91. The molecular weight excluding hydrogens is 641 g/mol. The highest BCUT2D eigenvalue weighted by atomic mass is 32.2. The summed E-state index contributed by atoms with van der Waals surface area (Å²) in [5.74, 6) is 3.09. The summed E-state index contributed by atoms with van der Waals surface area (Å²) in [5, 5.41) is 13.3. The minimum Gasteiger partial charge on any atom is -0.478 e. The number of carbonyl (C=O) groups is 1. The van der Waals surface area contributed by atoms with Gasteiger partial charge in [-0.3, -0.25) is 0 Å². The van der Waals surface area contributed by atoms with Crippen LogP contribution in [0.4, 0.5) is 0 Å². The van der Waals surface area contributed by atoms with E-state index in [1.165, 1.54) is 74.5 Å². The van der Waals surface area contributed by atoms with Crippen molar-refractivity contribution in [2.75, 3.05) is 44.2 Å². The number of carboxylic acids is 1. The van der Waals surface area contributed by atoms with Gasteiger partial charge >= 0.3 is 5.97 Å². The monoisotopic (exact) mass is 706 g/mol. The van der Waals surface area contributed by atoms with Gasteiger partial charge in [0.2, 0.25) is 0 Å². The molecule has 6 nitrogen and oxygen atoms in total. The first-order valence-corrected chi connectivity index (χ1v) is 21.7. The molecule has 4 fully saturated rings. The van der Waals surface area contributed by atoms with Gasteiger partial charge in [-0.05, 0) is 146 Å². The second kappa shape index (κ2) is 14.1. The first-order valence-electron chi connectivity index (χ1n) is 19.9. The molecule has 4 aliphatic carbocycles. The summed E-state index contributed by atoms with van der Waals surface area (Å²) in [6.07, 6.45) is 15.2. The molecule has 278 valence electrons. The van der Waals surface area contributed by atoms with E-state index in [2.05, 4.69) is 64.4 Å². The van der Waals surface area contributed by atoms with Crippen LogP contribution in [0.2, 0.25) is 0 Å². The number of nitrogens with zero attached hydrogens (tertiary/aromatic N) is 1. The van der Waals surface area contributed by atoms with Gasteiger partial charge in [-0.1, -0.05) is 71.4 Å². The molecule has 0 unspecified atom stereocenters. The minimum absolute atomic E-state index is 0.00524. The third kappa shape index (κ3) is 6.70. The molecule has 2 N–H and O–H groups in total. The second-order valence-electron chi connectivity index (χ2n) is 18.5. The lowest BCUT2D eigenvalue weighted by Crippen LogP contribution is -2.63. The summed E-state index contributed by atoms with van der Waals surface area (Å²) in [7, 11) is -2.84. The van der Waals surface area contributed by atoms with Crippen molar-refractivity contribution in [1.29, 1.82) is 0 Å². The van der Waals surface area contributed by atoms with Crippen LogP contribution in [-0.4, -0.2) is 68.6 Å². The molecule has 0 spiro atoms. The molecule has 0 amide bonds. The molecule has 1 aliphatic heterocycles. The summed E-state index contributed by atoms with van der Waals surface area (Å²) >= 11 is 0. The highest BCUT2D eigenvalue weighted by Crippen LogP contribution is 2.74. The third-order valence-corrected chi connectivity index (χ3v) is 17.4. The molecular formula is C43H66N2O4S. The number of allylic oxidation sites excluding steroid dienone is 3. The van der Waals surface area contributed by atoms with E-state index < -0.39 is 15.8 Å². The summed E-state index contributed by atoms with van der Waals surface area (Å²) in [4.78, 5) is 13.9. The van der Waals surface area contributed by atoms with Crippen molar-refractivity contribution in [1.82, 2.24) is 10.2 Å². The molecule has 50 heavy (non-hydrogen) atoms. The zero-order chi connectivity index (χ0) is 36.1. The van der Waals surface area contributed by atoms with Gasteiger partial charge in [0.25, 0.3) is 0 Å². The van der Waals surface area contributed by atoms with Crippen LogP contribution in [0.15, 0.2) is 42.5 Å². The van der Waals surface area contributed by atoms with E-state index in [0.29, 0.717) is 47.9 Å². The number of fused-ring (bicyclic) bond motifs is 3. The van der Waals surface area contributed by atoms with Crippen LogP contribution < -0.4 is 5.32 Å². The van der Waals surface area contributed by atoms with Gasteiger partial charge in [0.1, 0.15) is 0 Å². The van der Waals surface area contributed by atoms with Crippen LogP contribution in [0.25, 0.3) is 5.57 Å². The Balaban J connectivity index is 1.22. The van der Waals surface area contributed by atoms with Crippen LogP contribution in [0.3, 0.4) is 0 Å². The smallest absolute Gasteiger partial charge is 0.335 e. The largest absolute Gasteiger partial charge is 0.478 e. The predicted octanol–water partition coefficient (Wildman–Crippen LogP) is 8.75. The number of hydrogen-bond donors (Lipinski definition) is 2. The zero-order valence-electron chi connectivity index (χ0n) is 32.0. The van der Waals surface area contributed by atoms with E-state index in [1.54, 1.807) is 12.1 Å². The van der Waals surface area contributed by atoms with E-state index >= 15 is 0 Å². The van der Waals surface area contributed by atoms with Gasteiger partial charge in [0, 0.05) is 26.2 Å². The first kappa shape index (κ1) is 37.8. The number of aromatic carboxylic acids is 1. The van der Waals surface area contributed by atoms with Crippen molar-refractivity contribution in [3.05, 3.63) is 53.6 Å². The molecule has 5 aliphatic rings. The molecule has 1 aromatic carbocycles. The topological polar surface area (TPSA) is 86.7 Å². The SMILES string of the molecule is C=C(C)[C@@H]1CCC[C@H]1[C@H]1CC[C@@H]2[C@@]3(C)CC=C(c4ccc(C(=O)O)cc4)C(C)(C)[C@@H]3CC[C@@]2(C)[C@]1(C)CCCNCCN1CCS(=O)(=O)CC1. The van der Waals surface area contributed by atoms with Crippen molar-refractivity contribution in [2.24, 2.45) is 51.2 Å². The van der Waals surface area contributed by atoms with Gasteiger partial charge in [-0.15, -0.1) is 0 Å². The Bertz CT molecular complexity index is 1550. The molecule has 7 heteroatoms. The van der Waals surface area contributed by atoms with Crippen LogP contribution in [0.1, 0.15) is 122 Å².